The summed E-state index contributed by atoms with van der Waals surface area (Å²) >= 11 is 0. The third kappa shape index (κ3) is 2.88. The van der Waals surface area contributed by atoms with Crippen LogP contribution in [0.2, 0.25) is 0 Å². The van der Waals surface area contributed by atoms with E-state index in [2.05, 4.69) is 5.32 Å². The summed E-state index contributed by atoms with van der Waals surface area (Å²) in [7, 11) is 0. The summed E-state index contributed by atoms with van der Waals surface area (Å²) in [5.41, 5.74) is 6.64. The van der Waals surface area contributed by atoms with Gasteiger partial charge in [0.25, 0.3) is 0 Å². The summed E-state index contributed by atoms with van der Waals surface area (Å²) in [6.45, 7) is 0.858. The molecule has 0 heterocycles. The topological polar surface area (TPSA) is 58.3 Å². The van der Waals surface area contributed by atoms with Crippen LogP contribution in [0.1, 0.15) is 25.7 Å². The first-order valence-corrected chi connectivity index (χ1v) is 6.04. The maximum atomic E-state index is 13.1. The second-order valence-electron chi connectivity index (χ2n) is 4.99. The summed E-state index contributed by atoms with van der Waals surface area (Å²) in [5.74, 6) is -0.336. The van der Waals surface area contributed by atoms with E-state index in [4.69, 9.17) is 5.73 Å². The van der Waals surface area contributed by atoms with E-state index in [1.54, 1.807) is 6.07 Å². The number of benzene rings is 1. The number of hydrogen-bond donors (Lipinski definition) is 3. The second kappa shape index (κ2) is 4.92. The van der Waals surface area contributed by atoms with Gasteiger partial charge in [0.05, 0.1) is 6.61 Å². The van der Waals surface area contributed by atoms with Gasteiger partial charge in [-0.05, 0) is 31.0 Å². The van der Waals surface area contributed by atoms with Crippen LogP contribution in [0.5, 0.6) is 0 Å². The van der Waals surface area contributed by atoms with E-state index >= 15 is 0 Å². The minimum absolute atomic E-state index is 0.0406. The molecule has 1 aromatic carbocycles. The molecule has 3 nitrogen and oxygen atoms in total. The number of hydrogen-bond acceptors (Lipinski definition) is 3. The molecule has 0 aliphatic heterocycles. The van der Waals surface area contributed by atoms with Crippen LogP contribution in [0.4, 0.5) is 15.8 Å². The van der Waals surface area contributed by atoms with Gasteiger partial charge in [-0.1, -0.05) is 12.8 Å². The van der Waals surface area contributed by atoms with Crippen molar-refractivity contribution < 1.29 is 9.50 Å². The minimum atomic E-state index is -0.336. The normalized spacial score (nSPS) is 18.2. The van der Waals surface area contributed by atoms with Crippen LogP contribution in [-0.2, 0) is 0 Å². The Bertz CT molecular complexity index is 369. The monoisotopic (exact) mass is 238 g/mol. The molecule has 0 spiro atoms. The van der Waals surface area contributed by atoms with Crippen molar-refractivity contribution in [3.63, 3.8) is 0 Å². The zero-order valence-corrected chi connectivity index (χ0v) is 9.88. The van der Waals surface area contributed by atoms with Crippen molar-refractivity contribution >= 4 is 11.4 Å². The SMILES string of the molecule is Nc1cc(F)cc(NCC2(CO)CCCC2)c1. The van der Waals surface area contributed by atoms with Crippen LogP contribution in [0.15, 0.2) is 18.2 Å². The number of nitrogens with two attached hydrogens (primary N) is 1. The fourth-order valence-corrected chi connectivity index (χ4v) is 2.52. The molecule has 0 radical (unpaired) electrons. The summed E-state index contributed by atoms with van der Waals surface area (Å²) in [4.78, 5) is 0. The average Bonchev–Trinajstić information content (AvgIpc) is 2.74. The van der Waals surface area contributed by atoms with E-state index in [-0.39, 0.29) is 17.8 Å². The first-order chi connectivity index (χ1) is 8.13. The minimum Gasteiger partial charge on any atom is -0.399 e. The molecular weight excluding hydrogens is 219 g/mol. The van der Waals surface area contributed by atoms with Gasteiger partial charge in [-0.3, -0.25) is 0 Å². The average molecular weight is 238 g/mol. The molecule has 94 valence electrons. The van der Waals surface area contributed by atoms with Crippen LogP contribution >= 0.6 is 0 Å². The summed E-state index contributed by atoms with van der Waals surface area (Å²) in [6.07, 6.45) is 4.38. The second-order valence-corrected chi connectivity index (χ2v) is 4.99. The lowest BCUT2D eigenvalue weighted by Gasteiger charge is -2.27. The van der Waals surface area contributed by atoms with Crippen molar-refractivity contribution in [2.24, 2.45) is 5.41 Å². The van der Waals surface area contributed by atoms with Crippen molar-refractivity contribution in [2.45, 2.75) is 25.7 Å². The molecule has 17 heavy (non-hydrogen) atoms. The highest BCUT2D eigenvalue weighted by molar-refractivity contribution is 5.54. The van der Waals surface area contributed by atoms with E-state index in [0.29, 0.717) is 17.9 Å². The Morgan fingerprint density at radius 2 is 2.00 bits per heavy atom. The van der Waals surface area contributed by atoms with Crippen LogP contribution < -0.4 is 11.1 Å². The summed E-state index contributed by atoms with van der Waals surface area (Å²) < 4.78 is 13.1. The first kappa shape index (κ1) is 12.2. The zero-order valence-electron chi connectivity index (χ0n) is 9.88. The molecule has 1 aliphatic carbocycles. The van der Waals surface area contributed by atoms with Gasteiger partial charge >= 0.3 is 0 Å². The van der Waals surface area contributed by atoms with Crippen LogP contribution in [0.25, 0.3) is 0 Å². The first-order valence-electron chi connectivity index (χ1n) is 6.04. The van der Waals surface area contributed by atoms with Crippen LogP contribution in [0.3, 0.4) is 0 Å². The van der Waals surface area contributed by atoms with Gasteiger partial charge in [0, 0.05) is 23.3 Å². The standard InChI is InChI=1S/C13H19FN2O/c14-10-5-11(15)7-12(6-10)16-8-13(9-17)3-1-2-4-13/h5-7,16-17H,1-4,8-9,15H2. The number of anilines is 2. The van der Waals surface area contributed by atoms with E-state index in [9.17, 15) is 9.50 Å². The predicted octanol–water partition coefficient (Wildman–Crippen LogP) is 2.37. The van der Waals surface area contributed by atoms with Crippen molar-refractivity contribution in [3.05, 3.63) is 24.0 Å². The predicted molar refractivity (Wildman–Crippen MR) is 67.3 cm³/mol. The Hall–Kier alpha value is -1.29. The van der Waals surface area contributed by atoms with Gasteiger partial charge in [0.1, 0.15) is 5.82 Å². The molecule has 0 atom stereocenters. The highest BCUT2D eigenvalue weighted by atomic mass is 19.1. The largest absolute Gasteiger partial charge is 0.399 e. The van der Waals surface area contributed by atoms with Crippen molar-refractivity contribution in [2.75, 3.05) is 24.2 Å². The molecule has 4 heteroatoms. The molecule has 1 aliphatic rings. The van der Waals surface area contributed by atoms with Gasteiger partial charge in [0.2, 0.25) is 0 Å². The lowest BCUT2D eigenvalue weighted by atomic mass is 9.87. The maximum absolute atomic E-state index is 13.1. The van der Waals surface area contributed by atoms with Crippen molar-refractivity contribution in [1.82, 2.24) is 0 Å². The van der Waals surface area contributed by atoms with E-state index in [1.807, 2.05) is 0 Å². The molecule has 1 saturated carbocycles. The molecule has 1 fully saturated rings. The Balaban J connectivity index is 2.01. The van der Waals surface area contributed by atoms with Crippen molar-refractivity contribution in [1.29, 1.82) is 0 Å². The number of aliphatic hydroxyl groups excluding tert-OH is 1. The van der Waals surface area contributed by atoms with Gasteiger partial charge in [-0.15, -0.1) is 0 Å². The quantitative estimate of drug-likeness (QED) is 0.706. The number of rotatable bonds is 4. The van der Waals surface area contributed by atoms with Crippen LogP contribution in [-0.4, -0.2) is 18.3 Å². The molecule has 0 saturated heterocycles. The Kier molecular flexibility index (Phi) is 3.52. The van der Waals surface area contributed by atoms with Gasteiger partial charge < -0.3 is 16.2 Å². The zero-order chi connectivity index (χ0) is 12.3. The van der Waals surface area contributed by atoms with Gasteiger partial charge in [-0.2, -0.15) is 0 Å². The number of halogens is 1. The molecule has 0 aromatic heterocycles. The lowest BCUT2D eigenvalue weighted by Crippen LogP contribution is -2.30. The molecule has 0 unspecified atom stereocenters. The Morgan fingerprint density at radius 3 is 2.59 bits per heavy atom. The fraction of sp³-hybridized carbons (Fsp3) is 0.538. The Labute approximate surface area is 101 Å². The molecular formula is C13H19FN2O. The van der Waals surface area contributed by atoms with Gasteiger partial charge in [0.15, 0.2) is 0 Å². The van der Waals surface area contributed by atoms with E-state index < -0.39 is 0 Å². The van der Waals surface area contributed by atoms with Gasteiger partial charge in [-0.25, -0.2) is 4.39 Å². The number of nitrogens with one attached hydrogen (secondary N) is 1. The highest BCUT2D eigenvalue weighted by Gasteiger charge is 2.32. The summed E-state index contributed by atoms with van der Waals surface area (Å²) in [6, 6.07) is 4.43. The van der Waals surface area contributed by atoms with E-state index in [0.717, 1.165) is 25.7 Å². The third-order valence-electron chi connectivity index (χ3n) is 3.59. The molecule has 0 bridgehead atoms. The van der Waals surface area contributed by atoms with E-state index in [1.165, 1.54) is 12.1 Å². The van der Waals surface area contributed by atoms with Crippen molar-refractivity contribution in [3.8, 4) is 0 Å². The third-order valence-corrected chi connectivity index (χ3v) is 3.59. The molecule has 2 rings (SSSR count). The summed E-state index contributed by atoms with van der Waals surface area (Å²) in [5, 5.41) is 12.6. The lowest BCUT2D eigenvalue weighted by molar-refractivity contribution is 0.142. The smallest absolute Gasteiger partial charge is 0.127 e. The molecule has 1 aromatic rings. The Morgan fingerprint density at radius 1 is 1.29 bits per heavy atom. The van der Waals surface area contributed by atoms with Crippen LogP contribution in [0, 0.1) is 11.2 Å². The fourth-order valence-electron chi connectivity index (χ4n) is 2.52. The molecule has 0 amide bonds. The number of nitrogen functional groups attached to an aromatic ring is 1. The maximum Gasteiger partial charge on any atom is 0.127 e. The molecule has 4 N–H and O–H groups in total. The number of aliphatic hydroxyl groups is 1. The highest BCUT2D eigenvalue weighted by Crippen LogP contribution is 2.37.